The Hall–Kier alpha value is -1.51. The molecule has 3 unspecified atom stereocenters. The van der Waals surface area contributed by atoms with Gasteiger partial charge in [0.05, 0.1) is 33.8 Å². The van der Waals surface area contributed by atoms with E-state index in [0.29, 0.717) is 23.9 Å². The normalized spacial score (nSPS) is 13.8. The Labute approximate surface area is 441 Å². The first-order valence-corrected chi connectivity index (χ1v) is 32.2. The zero-order chi connectivity index (χ0) is 52.2. The highest BCUT2D eigenvalue weighted by Gasteiger charge is 2.30. The lowest BCUT2D eigenvalue weighted by atomic mass is 10.0. The number of rotatable bonds is 56. The van der Waals surface area contributed by atoms with Crippen molar-refractivity contribution in [2.45, 2.75) is 315 Å². The maximum atomic E-state index is 13.5. The topological polar surface area (TPSA) is 111 Å². The molecule has 10 heteroatoms. The van der Waals surface area contributed by atoms with Gasteiger partial charge in [0.25, 0.3) is 0 Å². The molecule has 1 amide bonds. The van der Waals surface area contributed by atoms with E-state index in [1.165, 1.54) is 199 Å². The molecule has 0 heterocycles. The summed E-state index contributed by atoms with van der Waals surface area (Å²) in [5, 5.41) is 3.04. The number of hydrogen-bond acceptors (Lipinski definition) is 6. The van der Waals surface area contributed by atoms with Crippen LogP contribution in [0.2, 0.25) is 0 Å². The highest BCUT2D eigenvalue weighted by atomic mass is 31.2. The predicted molar refractivity (Wildman–Crippen MR) is 305 cm³/mol. The maximum absolute atomic E-state index is 13.5. The van der Waals surface area contributed by atoms with Crippen LogP contribution in [0.1, 0.15) is 303 Å². The number of carbonyl (C=O) groups is 2. The van der Waals surface area contributed by atoms with Crippen molar-refractivity contribution < 1.29 is 37.3 Å². The van der Waals surface area contributed by atoms with E-state index in [-0.39, 0.29) is 25.1 Å². The molecule has 71 heavy (non-hydrogen) atoms. The summed E-state index contributed by atoms with van der Waals surface area (Å²) >= 11 is 0. The van der Waals surface area contributed by atoms with Crippen molar-refractivity contribution in [1.29, 1.82) is 0 Å². The van der Waals surface area contributed by atoms with E-state index in [4.69, 9.17) is 13.8 Å². The molecular formula is C61H120N2O7P+. The second-order valence-electron chi connectivity index (χ2n) is 22.2. The van der Waals surface area contributed by atoms with Gasteiger partial charge in [-0.05, 0) is 57.4 Å². The Kier molecular flexibility index (Phi) is 50.8. The molecule has 0 aromatic rings. The monoisotopic (exact) mass is 1020 g/mol. The fourth-order valence-electron chi connectivity index (χ4n) is 9.11. The van der Waals surface area contributed by atoms with Gasteiger partial charge in [-0.15, -0.1) is 0 Å². The standard InChI is InChI=1S/C61H119N2O7P/c1-7-10-13-16-19-22-25-27-28-29-30-31-32-33-34-36-39-42-45-48-51-54-61(65)70-59(52-49-46-43-40-37-24-21-18-15-12-9-3)58(57-69-71(66,67)68-56-55-63(4,5)6)62-60(64)53-50-47-44-41-38-35-26-23-20-17-14-11-8-2/h35,38,49,52,58-59H,7-34,36-37,39-48,50-51,53-57H2,1-6H3,(H-,62,64,66,67)/p+1/b38-35-,52-49-. The molecular weight excluding hydrogens is 904 g/mol. The lowest BCUT2D eigenvalue weighted by molar-refractivity contribution is -0.870. The molecule has 9 nitrogen and oxygen atoms in total. The first kappa shape index (κ1) is 69.5. The average Bonchev–Trinajstić information content (AvgIpc) is 3.33. The van der Waals surface area contributed by atoms with Crippen molar-refractivity contribution in [1.82, 2.24) is 5.32 Å². The van der Waals surface area contributed by atoms with Gasteiger partial charge in [-0.25, -0.2) is 4.57 Å². The first-order chi connectivity index (χ1) is 34.4. The van der Waals surface area contributed by atoms with Gasteiger partial charge in [0.15, 0.2) is 0 Å². The van der Waals surface area contributed by atoms with E-state index in [1.807, 2.05) is 33.3 Å². The number of esters is 1. The maximum Gasteiger partial charge on any atom is 0.472 e. The molecule has 0 aliphatic carbocycles. The van der Waals surface area contributed by atoms with Crippen LogP contribution in [0.15, 0.2) is 24.3 Å². The van der Waals surface area contributed by atoms with Crippen molar-refractivity contribution >= 4 is 19.7 Å². The van der Waals surface area contributed by atoms with Gasteiger partial charge in [-0.3, -0.25) is 18.6 Å². The van der Waals surface area contributed by atoms with Crippen LogP contribution in [0.4, 0.5) is 0 Å². The third kappa shape index (κ3) is 53.1. The van der Waals surface area contributed by atoms with Crippen LogP contribution in [0.25, 0.3) is 0 Å². The van der Waals surface area contributed by atoms with Crippen molar-refractivity contribution in [3.05, 3.63) is 24.3 Å². The minimum absolute atomic E-state index is 0.0408. The molecule has 0 radical (unpaired) electrons. The van der Waals surface area contributed by atoms with Gasteiger partial charge in [0, 0.05) is 12.8 Å². The predicted octanol–water partition coefficient (Wildman–Crippen LogP) is 18.6. The van der Waals surface area contributed by atoms with Gasteiger partial charge in [0.1, 0.15) is 19.3 Å². The molecule has 0 aromatic carbocycles. The van der Waals surface area contributed by atoms with Gasteiger partial charge in [-0.1, -0.05) is 257 Å². The van der Waals surface area contributed by atoms with Crippen molar-refractivity contribution in [3.63, 3.8) is 0 Å². The van der Waals surface area contributed by atoms with Crippen molar-refractivity contribution in [2.24, 2.45) is 0 Å². The summed E-state index contributed by atoms with van der Waals surface area (Å²) in [4.78, 5) is 37.6. The third-order valence-electron chi connectivity index (χ3n) is 13.9. The fraction of sp³-hybridized carbons (Fsp3) is 0.902. The number of phosphoric ester groups is 1. The van der Waals surface area contributed by atoms with Crippen LogP contribution in [0, 0.1) is 0 Å². The number of amides is 1. The van der Waals surface area contributed by atoms with Crippen LogP contribution in [0.3, 0.4) is 0 Å². The Balaban J connectivity index is 5.15. The van der Waals surface area contributed by atoms with Crippen LogP contribution >= 0.6 is 7.82 Å². The number of quaternary nitrogens is 1. The van der Waals surface area contributed by atoms with E-state index < -0.39 is 20.0 Å². The summed E-state index contributed by atoms with van der Waals surface area (Å²) < 4.78 is 30.6. The molecule has 0 fully saturated rings. The number of hydrogen-bond donors (Lipinski definition) is 2. The Morgan fingerprint density at radius 3 is 1.21 bits per heavy atom. The highest BCUT2D eigenvalue weighted by molar-refractivity contribution is 7.47. The van der Waals surface area contributed by atoms with E-state index in [2.05, 4.69) is 38.2 Å². The Bertz CT molecular complexity index is 1270. The molecule has 3 atom stereocenters. The minimum atomic E-state index is -4.44. The first-order valence-electron chi connectivity index (χ1n) is 30.7. The average molecular weight is 1020 g/mol. The quantitative estimate of drug-likeness (QED) is 0.0205. The summed E-state index contributed by atoms with van der Waals surface area (Å²) in [5.74, 6) is -0.510. The molecule has 0 spiro atoms. The SMILES string of the molecule is CCCCCCCC/C=C\CCCCCC(=O)NC(COP(=O)(O)OCC[N+](C)(C)C)C(/C=C\CCCCCCCCCCC)OC(=O)CCCCCCCCCCCCCCCCCCCCCCC. The van der Waals surface area contributed by atoms with Gasteiger partial charge in [-0.2, -0.15) is 0 Å². The molecule has 0 bridgehead atoms. The molecule has 0 aromatic heterocycles. The number of ether oxygens (including phenoxy) is 1. The van der Waals surface area contributed by atoms with Crippen LogP contribution in [-0.4, -0.2) is 74.3 Å². The largest absolute Gasteiger partial charge is 0.472 e. The molecule has 0 aliphatic rings. The molecule has 0 aliphatic heterocycles. The number of unbranched alkanes of at least 4 members (excludes halogenated alkanes) is 38. The lowest BCUT2D eigenvalue weighted by Gasteiger charge is -2.27. The van der Waals surface area contributed by atoms with Crippen LogP contribution < -0.4 is 5.32 Å². The smallest absolute Gasteiger partial charge is 0.456 e. The van der Waals surface area contributed by atoms with Gasteiger partial charge >= 0.3 is 13.8 Å². The lowest BCUT2D eigenvalue weighted by Crippen LogP contribution is -2.47. The summed E-state index contributed by atoms with van der Waals surface area (Å²) in [6, 6.07) is -0.849. The van der Waals surface area contributed by atoms with E-state index in [9.17, 15) is 19.0 Å². The fourth-order valence-corrected chi connectivity index (χ4v) is 9.85. The Morgan fingerprint density at radius 2 is 0.817 bits per heavy atom. The second-order valence-corrected chi connectivity index (χ2v) is 23.7. The third-order valence-corrected chi connectivity index (χ3v) is 14.9. The summed E-state index contributed by atoms with van der Waals surface area (Å²) in [6.45, 7) is 7.02. The van der Waals surface area contributed by atoms with Gasteiger partial charge in [0.2, 0.25) is 5.91 Å². The van der Waals surface area contributed by atoms with Crippen molar-refractivity contribution in [3.8, 4) is 0 Å². The number of nitrogens with zero attached hydrogens (tertiary/aromatic N) is 1. The number of phosphoric acid groups is 1. The molecule has 0 saturated heterocycles. The van der Waals surface area contributed by atoms with E-state index >= 15 is 0 Å². The highest BCUT2D eigenvalue weighted by Crippen LogP contribution is 2.43. The van der Waals surface area contributed by atoms with E-state index in [1.54, 1.807) is 0 Å². The molecule has 420 valence electrons. The number of likely N-dealkylation sites (N-methyl/N-ethyl adjacent to an activating group) is 1. The zero-order valence-corrected chi connectivity index (χ0v) is 48.9. The summed E-state index contributed by atoms with van der Waals surface area (Å²) in [6.07, 6.45) is 60.4. The summed E-state index contributed by atoms with van der Waals surface area (Å²) in [5.41, 5.74) is 0. The van der Waals surface area contributed by atoms with Gasteiger partial charge < -0.3 is 19.4 Å². The number of carbonyl (C=O) groups excluding carboxylic acids is 2. The molecule has 2 N–H and O–H groups in total. The van der Waals surface area contributed by atoms with Crippen LogP contribution in [-0.2, 0) is 27.9 Å². The number of nitrogens with one attached hydrogen (secondary N) is 1. The van der Waals surface area contributed by atoms with E-state index in [0.717, 1.165) is 70.6 Å². The Morgan fingerprint density at radius 1 is 0.479 bits per heavy atom. The summed E-state index contributed by atoms with van der Waals surface area (Å²) in [7, 11) is 1.50. The molecule has 0 rings (SSSR count). The number of allylic oxidation sites excluding steroid dienone is 3. The molecule has 0 saturated carbocycles. The van der Waals surface area contributed by atoms with Crippen LogP contribution in [0.5, 0.6) is 0 Å². The zero-order valence-electron chi connectivity index (χ0n) is 48.0. The van der Waals surface area contributed by atoms with Crippen molar-refractivity contribution in [2.75, 3.05) is 40.9 Å². The second kappa shape index (κ2) is 52.0. The minimum Gasteiger partial charge on any atom is -0.456 e.